The summed E-state index contributed by atoms with van der Waals surface area (Å²) in [6, 6.07) is 10.2. The van der Waals surface area contributed by atoms with Crippen molar-refractivity contribution in [2.24, 2.45) is 0 Å². The van der Waals surface area contributed by atoms with E-state index in [0.717, 1.165) is 18.5 Å². The number of para-hydroxylation sites is 1. The first-order chi connectivity index (χ1) is 5.93. The van der Waals surface area contributed by atoms with Gasteiger partial charge in [0.2, 0.25) is 0 Å². The van der Waals surface area contributed by atoms with E-state index in [0.29, 0.717) is 9.76 Å². The third-order valence-corrected chi connectivity index (χ3v) is 2.20. The number of rotatable bonds is 5. The Labute approximate surface area is 75.9 Å². The molecule has 1 aromatic rings. The van der Waals surface area contributed by atoms with E-state index >= 15 is 0 Å². The van der Waals surface area contributed by atoms with Crippen molar-refractivity contribution >= 4 is 15.5 Å². The summed E-state index contributed by atoms with van der Waals surface area (Å²) in [5, 5.41) is 3.27. The van der Waals surface area contributed by atoms with Gasteiger partial charge in [-0.1, -0.05) is 18.2 Å². The van der Waals surface area contributed by atoms with Gasteiger partial charge in [0.15, 0.2) is 0 Å². The third kappa shape index (κ3) is 3.55. The Morgan fingerprint density at radius 1 is 1.33 bits per heavy atom. The van der Waals surface area contributed by atoms with Crippen LogP contribution in [0.1, 0.15) is 6.92 Å². The lowest BCUT2D eigenvalue weighted by molar-refractivity contribution is 0.361. The Morgan fingerprint density at radius 3 is 2.75 bits per heavy atom. The molecule has 0 amide bonds. The van der Waals surface area contributed by atoms with E-state index in [1.165, 1.54) is 0 Å². The number of hydrogen-bond donors (Lipinski definition) is 1. The smallest absolute Gasteiger partial charge is 0.250 e. The van der Waals surface area contributed by atoms with Gasteiger partial charge in [0.05, 0.1) is 0 Å². The predicted octanol–water partition coefficient (Wildman–Crippen LogP) is 1.71. The molecule has 0 heterocycles. The van der Waals surface area contributed by atoms with Crippen LogP contribution in [-0.4, -0.2) is 22.5 Å². The van der Waals surface area contributed by atoms with Crippen molar-refractivity contribution in [1.82, 2.24) is 0 Å². The van der Waals surface area contributed by atoms with Gasteiger partial charge in [-0.05, 0) is 19.1 Å². The van der Waals surface area contributed by atoms with Crippen LogP contribution < -0.4 is 5.32 Å². The van der Waals surface area contributed by atoms with E-state index in [9.17, 15) is 0 Å². The Morgan fingerprint density at radius 2 is 2.08 bits per heavy atom. The molecule has 12 heavy (non-hydrogen) atoms. The van der Waals surface area contributed by atoms with Gasteiger partial charge in [0.25, 0.3) is 9.76 Å². The van der Waals surface area contributed by atoms with Crippen LogP contribution in [0.5, 0.6) is 0 Å². The third-order valence-electron chi connectivity index (χ3n) is 1.38. The lowest BCUT2D eigenvalue weighted by Gasteiger charge is -2.03. The predicted molar refractivity (Wildman–Crippen MR) is 52.3 cm³/mol. The summed E-state index contributed by atoms with van der Waals surface area (Å²) in [7, 11) is 0.547. The molecule has 0 atom stereocenters. The molecule has 1 N–H and O–H groups in total. The molecule has 1 rings (SSSR count). The Bertz CT molecular complexity index is 203. The monoisotopic (exact) mass is 179 g/mol. The van der Waals surface area contributed by atoms with Crippen molar-refractivity contribution in [3.63, 3.8) is 0 Å². The fraction of sp³-hybridized carbons (Fsp3) is 0.333. The Balaban J connectivity index is 2.16. The van der Waals surface area contributed by atoms with Crippen molar-refractivity contribution in [2.75, 3.05) is 18.1 Å². The molecular formula is C9H13NOSi. The van der Waals surface area contributed by atoms with Gasteiger partial charge in [-0.15, -0.1) is 0 Å². The molecule has 2 radical (unpaired) electrons. The minimum atomic E-state index is 0.547. The number of benzene rings is 1. The average Bonchev–Trinajstić information content (AvgIpc) is 2.14. The van der Waals surface area contributed by atoms with Crippen molar-refractivity contribution < 1.29 is 4.43 Å². The van der Waals surface area contributed by atoms with E-state index < -0.39 is 0 Å². The molecule has 0 aliphatic carbocycles. The van der Waals surface area contributed by atoms with Crippen LogP contribution in [-0.2, 0) is 4.43 Å². The molecule has 2 nitrogen and oxygen atoms in total. The van der Waals surface area contributed by atoms with Crippen LogP contribution in [0.2, 0.25) is 0 Å². The Kier molecular flexibility index (Phi) is 4.49. The molecule has 1 aromatic carbocycles. The first-order valence-corrected chi connectivity index (χ1v) is 5.18. The lowest BCUT2D eigenvalue weighted by Crippen LogP contribution is -2.12. The van der Waals surface area contributed by atoms with E-state index in [2.05, 4.69) is 17.4 Å². The van der Waals surface area contributed by atoms with Gasteiger partial charge in [0.1, 0.15) is 0 Å². The van der Waals surface area contributed by atoms with E-state index in [-0.39, 0.29) is 0 Å². The molecule has 0 saturated carbocycles. The van der Waals surface area contributed by atoms with Crippen LogP contribution in [0.15, 0.2) is 30.3 Å². The van der Waals surface area contributed by atoms with Gasteiger partial charge in [-0.3, -0.25) is 0 Å². The summed E-state index contributed by atoms with van der Waals surface area (Å²) in [5.74, 6) is 0. The van der Waals surface area contributed by atoms with Gasteiger partial charge in [-0.2, -0.15) is 0 Å². The minimum absolute atomic E-state index is 0.547. The second-order valence-corrected chi connectivity index (χ2v) is 3.23. The van der Waals surface area contributed by atoms with E-state index in [1.54, 1.807) is 0 Å². The van der Waals surface area contributed by atoms with Gasteiger partial charge >= 0.3 is 0 Å². The molecule has 0 spiro atoms. The summed E-state index contributed by atoms with van der Waals surface area (Å²) in [6.45, 7) is 2.81. The second-order valence-electron chi connectivity index (χ2n) is 2.30. The maximum absolute atomic E-state index is 5.22. The molecule has 0 bridgehead atoms. The zero-order chi connectivity index (χ0) is 8.65. The fourth-order valence-electron chi connectivity index (χ4n) is 0.847. The number of anilines is 1. The Hall–Kier alpha value is -0.803. The summed E-state index contributed by atoms with van der Waals surface area (Å²) >= 11 is 0. The van der Waals surface area contributed by atoms with Crippen LogP contribution in [0.4, 0.5) is 5.69 Å². The molecular weight excluding hydrogens is 166 g/mol. The molecule has 0 saturated heterocycles. The maximum atomic E-state index is 5.22. The molecule has 3 heteroatoms. The molecule has 0 unspecified atom stereocenters. The van der Waals surface area contributed by atoms with E-state index in [4.69, 9.17) is 4.43 Å². The first-order valence-electron chi connectivity index (χ1n) is 4.07. The summed E-state index contributed by atoms with van der Waals surface area (Å²) in [4.78, 5) is 0. The zero-order valence-electron chi connectivity index (χ0n) is 7.21. The minimum Gasteiger partial charge on any atom is -0.416 e. The number of hydrogen-bond acceptors (Lipinski definition) is 2. The molecule has 0 aliphatic rings. The van der Waals surface area contributed by atoms with Crippen LogP contribution >= 0.6 is 0 Å². The van der Waals surface area contributed by atoms with Crippen LogP contribution in [0, 0.1) is 0 Å². The summed E-state index contributed by atoms with van der Waals surface area (Å²) < 4.78 is 5.22. The van der Waals surface area contributed by atoms with Crippen molar-refractivity contribution in [2.45, 2.75) is 6.92 Å². The molecule has 0 fully saturated rings. The highest BCUT2D eigenvalue weighted by Gasteiger charge is 1.90. The molecule has 0 aliphatic heterocycles. The highest BCUT2D eigenvalue weighted by atomic mass is 28.2. The topological polar surface area (TPSA) is 21.3 Å². The van der Waals surface area contributed by atoms with Crippen LogP contribution in [0.25, 0.3) is 0 Å². The highest BCUT2D eigenvalue weighted by Crippen LogP contribution is 2.03. The largest absolute Gasteiger partial charge is 0.416 e. The fourth-order valence-corrected chi connectivity index (χ4v) is 1.43. The summed E-state index contributed by atoms with van der Waals surface area (Å²) in [6.07, 6.45) is 0.901. The van der Waals surface area contributed by atoms with Gasteiger partial charge in [-0.25, -0.2) is 0 Å². The molecule has 64 valence electrons. The standard InChI is InChI=1S/C9H13NOSi/c1-2-11-12-8-10-9-6-4-3-5-7-9/h3-7,10H,2,8H2,1H3. The summed E-state index contributed by atoms with van der Waals surface area (Å²) in [5.41, 5.74) is 1.16. The highest BCUT2D eigenvalue weighted by molar-refractivity contribution is 6.28. The van der Waals surface area contributed by atoms with Crippen molar-refractivity contribution in [3.8, 4) is 0 Å². The quantitative estimate of drug-likeness (QED) is 0.549. The van der Waals surface area contributed by atoms with Crippen LogP contribution in [0.3, 0.4) is 0 Å². The first kappa shape index (κ1) is 9.29. The normalized spacial score (nSPS) is 9.75. The zero-order valence-corrected chi connectivity index (χ0v) is 8.21. The average molecular weight is 179 g/mol. The second kappa shape index (κ2) is 5.80. The number of nitrogens with one attached hydrogen (secondary N) is 1. The van der Waals surface area contributed by atoms with Crippen molar-refractivity contribution in [1.29, 1.82) is 0 Å². The van der Waals surface area contributed by atoms with Gasteiger partial charge < -0.3 is 9.74 Å². The maximum Gasteiger partial charge on any atom is 0.250 e. The SMILES string of the molecule is CCO[Si]CNc1ccccc1. The lowest BCUT2D eigenvalue weighted by atomic mass is 10.3. The van der Waals surface area contributed by atoms with E-state index in [1.807, 2.05) is 25.1 Å². The van der Waals surface area contributed by atoms with Gasteiger partial charge in [0, 0.05) is 18.5 Å². The molecule has 0 aromatic heterocycles. The van der Waals surface area contributed by atoms with Crippen molar-refractivity contribution in [3.05, 3.63) is 30.3 Å².